The number of thiophene rings is 1. The van der Waals surface area contributed by atoms with E-state index in [2.05, 4.69) is 0 Å². The quantitative estimate of drug-likeness (QED) is 0.687. The number of rotatable bonds is 10. The normalized spacial score (nSPS) is 11.8. The van der Waals surface area contributed by atoms with E-state index in [0.29, 0.717) is 31.0 Å². The van der Waals surface area contributed by atoms with Crippen molar-refractivity contribution in [3.8, 4) is 11.5 Å². The van der Waals surface area contributed by atoms with Crippen molar-refractivity contribution in [2.75, 3.05) is 34.5 Å². The Morgan fingerprint density at radius 3 is 2.54 bits per heavy atom. The third-order valence-electron chi connectivity index (χ3n) is 4.05. The smallest absolute Gasteiger partial charge is 0.242 e. The van der Waals surface area contributed by atoms with E-state index in [9.17, 15) is 4.79 Å². The molecule has 0 aliphatic rings. The van der Waals surface area contributed by atoms with E-state index >= 15 is 0 Å². The molecule has 1 unspecified atom stereocenters. The van der Waals surface area contributed by atoms with Gasteiger partial charge in [-0.15, -0.1) is 0 Å². The van der Waals surface area contributed by atoms with Crippen LogP contribution in [0.2, 0.25) is 0 Å². The molecule has 0 saturated heterocycles. The maximum absolute atomic E-state index is 12.7. The Labute approximate surface area is 158 Å². The van der Waals surface area contributed by atoms with Crippen LogP contribution in [0, 0.1) is 0 Å². The van der Waals surface area contributed by atoms with Crippen molar-refractivity contribution < 1.29 is 19.0 Å². The lowest BCUT2D eigenvalue weighted by atomic mass is 10.1. The van der Waals surface area contributed by atoms with Crippen molar-refractivity contribution in [1.82, 2.24) is 4.90 Å². The van der Waals surface area contributed by atoms with Crippen molar-refractivity contribution in [1.29, 1.82) is 0 Å². The summed E-state index contributed by atoms with van der Waals surface area (Å²) in [7, 11) is 4.76. The van der Waals surface area contributed by atoms with Gasteiger partial charge in [0.2, 0.25) is 5.91 Å². The van der Waals surface area contributed by atoms with E-state index in [1.54, 1.807) is 37.6 Å². The Balaban J connectivity index is 2.09. The lowest BCUT2D eigenvalue weighted by Crippen LogP contribution is -2.46. The first-order chi connectivity index (χ1) is 12.6. The van der Waals surface area contributed by atoms with Crippen molar-refractivity contribution in [3.05, 3.63) is 46.2 Å². The highest BCUT2D eigenvalue weighted by Crippen LogP contribution is 2.27. The summed E-state index contributed by atoms with van der Waals surface area (Å²) >= 11 is 1.61. The predicted molar refractivity (Wildman–Crippen MR) is 103 cm³/mol. The Morgan fingerprint density at radius 1 is 1.15 bits per heavy atom. The summed E-state index contributed by atoms with van der Waals surface area (Å²) in [5.41, 5.74) is 8.12. The molecule has 0 radical (unpaired) electrons. The van der Waals surface area contributed by atoms with E-state index in [1.807, 2.05) is 35.0 Å². The molecular formula is C19H26N2O4S. The van der Waals surface area contributed by atoms with Gasteiger partial charge >= 0.3 is 0 Å². The molecule has 2 rings (SSSR count). The maximum atomic E-state index is 12.7. The van der Waals surface area contributed by atoms with E-state index in [4.69, 9.17) is 19.9 Å². The minimum atomic E-state index is -0.663. The molecule has 7 heteroatoms. The Morgan fingerprint density at radius 2 is 1.92 bits per heavy atom. The van der Waals surface area contributed by atoms with Crippen LogP contribution >= 0.6 is 11.3 Å². The molecule has 6 nitrogen and oxygen atoms in total. The molecule has 0 aliphatic heterocycles. The van der Waals surface area contributed by atoms with Gasteiger partial charge in [0.15, 0.2) is 11.5 Å². The largest absolute Gasteiger partial charge is 0.493 e. The van der Waals surface area contributed by atoms with Gasteiger partial charge in [-0.2, -0.15) is 11.3 Å². The van der Waals surface area contributed by atoms with E-state index in [-0.39, 0.29) is 12.5 Å². The number of ether oxygens (including phenoxy) is 3. The van der Waals surface area contributed by atoms with Gasteiger partial charge in [0.05, 0.1) is 20.8 Å². The molecule has 1 aromatic carbocycles. The molecule has 2 N–H and O–H groups in total. The number of nitrogens with two attached hydrogens (primary N) is 1. The SMILES string of the molecule is COCC(N)C(=O)N(CCc1ccc(OC)c(OC)c1)Cc1ccsc1. The van der Waals surface area contributed by atoms with Gasteiger partial charge in [0.1, 0.15) is 6.04 Å². The minimum absolute atomic E-state index is 0.112. The first kappa shape index (κ1) is 20.2. The summed E-state index contributed by atoms with van der Waals surface area (Å²) in [5, 5.41) is 4.04. The third kappa shape index (κ3) is 5.45. The van der Waals surface area contributed by atoms with Crippen LogP contribution in [-0.2, 0) is 22.5 Å². The lowest BCUT2D eigenvalue weighted by molar-refractivity contribution is -0.134. The number of hydrogen-bond donors (Lipinski definition) is 1. The van der Waals surface area contributed by atoms with Crippen LogP contribution in [-0.4, -0.2) is 51.3 Å². The molecular weight excluding hydrogens is 352 g/mol. The van der Waals surface area contributed by atoms with Crippen LogP contribution in [0.3, 0.4) is 0 Å². The second kappa shape index (κ2) is 10.2. The van der Waals surface area contributed by atoms with Gasteiger partial charge in [-0.1, -0.05) is 6.07 Å². The predicted octanol–water partition coefficient (Wildman–Crippen LogP) is 2.31. The monoisotopic (exact) mass is 378 g/mol. The number of amides is 1. The summed E-state index contributed by atoms with van der Waals surface area (Å²) in [6, 6.07) is 7.13. The zero-order valence-corrected chi connectivity index (χ0v) is 16.3. The van der Waals surface area contributed by atoms with Crippen molar-refractivity contribution in [2.45, 2.75) is 19.0 Å². The van der Waals surface area contributed by atoms with Crippen LogP contribution < -0.4 is 15.2 Å². The summed E-state index contributed by atoms with van der Waals surface area (Å²) < 4.78 is 15.6. The number of nitrogens with zero attached hydrogens (tertiary/aromatic N) is 1. The highest BCUT2D eigenvalue weighted by atomic mass is 32.1. The molecule has 0 spiro atoms. The standard InChI is InChI=1S/C19H26N2O4S/c1-23-12-16(20)19(22)21(11-15-7-9-26-13-15)8-6-14-4-5-17(24-2)18(10-14)25-3/h4-5,7,9-10,13,16H,6,8,11-12,20H2,1-3H3. The van der Waals surface area contributed by atoms with E-state index in [1.165, 1.54) is 0 Å². The van der Waals surface area contributed by atoms with Gasteiger partial charge in [-0.25, -0.2) is 0 Å². The first-order valence-electron chi connectivity index (χ1n) is 8.34. The number of carbonyl (C=O) groups excluding carboxylic acids is 1. The molecule has 1 amide bonds. The third-order valence-corrected chi connectivity index (χ3v) is 4.78. The topological polar surface area (TPSA) is 74.0 Å². The van der Waals surface area contributed by atoms with Crippen molar-refractivity contribution in [2.24, 2.45) is 5.73 Å². The van der Waals surface area contributed by atoms with Crippen LogP contribution in [0.15, 0.2) is 35.0 Å². The maximum Gasteiger partial charge on any atom is 0.242 e. The van der Waals surface area contributed by atoms with Gasteiger partial charge in [0.25, 0.3) is 0 Å². The Kier molecular flexibility index (Phi) is 7.90. The highest BCUT2D eigenvalue weighted by molar-refractivity contribution is 7.07. The zero-order valence-electron chi connectivity index (χ0n) is 15.4. The number of methoxy groups -OCH3 is 3. The van der Waals surface area contributed by atoms with Gasteiger partial charge < -0.3 is 24.8 Å². The molecule has 1 atom stereocenters. The first-order valence-corrected chi connectivity index (χ1v) is 9.28. The minimum Gasteiger partial charge on any atom is -0.493 e. The second-order valence-corrected chi connectivity index (χ2v) is 6.67. The molecule has 1 aromatic heterocycles. The van der Waals surface area contributed by atoms with Gasteiger partial charge in [-0.05, 0) is 46.5 Å². The molecule has 0 fully saturated rings. The molecule has 26 heavy (non-hydrogen) atoms. The summed E-state index contributed by atoms with van der Waals surface area (Å²) in [4.78, 5) is 14.5. The van der Waals surface area contributed by atoms with Gasteiger partial charge in [0, 0.05) is 20.2 Å². The van der Waals surface area contributed by atoms with Crippen molar-refractivity contribution >= 4 is 17.2 Å². The molecule has 0 aliphatic carbocycles. The zero-order chi connectivity index (χ0) is 18.9. The average molecular weight is 378 g/mol. The molecule has 1 heterocycles. The fourth-order valence-electron chi connectivity index (χ4n) is 2.66. The van der Waals surface area contributed by atoms with Crippen LogP contribution in [0.25, 0.3) is 0 Å². The molecule has 2 aromatic rings. The van der Waals surface area contributed by atoms with Crippen LogP contribution in [0.5, 0.6) is 11.5 Å². The average Bonchev–Trinajstić information content (AvgIpc) is 3.17. The fourth-order valence-corrected chi connectivity index (χ4v) is 3.32. The van der Waals surface area contributed by atoms with Crippen molar-refractivity contribution in [3.63, 3.8) is 0 Å². The fraction of sp³-hybridized carbons (Fsp3) is 0.421. The van der Waals surface area contributed by atoms with E-state index in [0.717, 1.165) is 11.1 Å². The second-order valence-electron chi connectivity index (χ2n) is 5.89. The summed E-state index contributed by atoms with van der Waals surface area (Å²) in [6.07, 6.45) is 0.690. The Hall–Kier alpha value is -2.09. The summed E-state index contributed by atoms with van der Waals surface area (Å²) in [6.45, 7) is 1.30. The van der Waals surface area contributed by atoms with Gasteiger partial charge in [-0.3, -0.25) is 4.79 Å². The number of hydrogen-bond acceptors (Lipinski definition) is 6. The van der Waals surface area contributed by atoms with Crippen LogP contribution in [0.1, 0.15) is 11.1 Å². The van der Waals surface area contributed by atoms with E-state index < -0.39 is 6.04 Å². The number of benzene rings is 1. The lowest BCUT2D eigenvalue weighted by Gasteiger charge is -2.25. The molecule has 142 valence electrons. The Bertz CT molecular complexity index is 691. The summed E-state index contributed by atoms with van der Waals surface area (Å²) in [5.74, 6) is 1.25. The van der Waals surface area contributed by atoms with Crippen LogP contribution in [0.4, 0.5) is 0 Å². The molecule has 0 bridgehead atoms. The molecule has 0 saturated carbocycles. The highest BCUT2D eigenvalue weighted by Gasteiger charge is 2.21. The number of carbonyl (C=O) groups is 1.